The molecule has 13 heavy (non-hydrogen) atoms. The first kappa shape index (κ1) is 11.2. The van der Waals surface area contributed by atoms with Crippen molar-refractivity contribution in [2.24, 2.45) is 0 Å². The molecule has 78 valence electrons. The van der Waals surface area contributed by atoms with Gasteiger partial charge in [-0.05, 0) is 12.8 Å². The average molecular weight is 202 g/mol. The second-order valence-corrected chi connectivity index (χ2v) is 10.5. The highest BCUT2D eigenvalue weighted by atomic mass is 28.3. The van der Waals surface area contributed by atoms with Crippen molar-refractivity contribution in [3.05, 3.63) is 0 Å². The van der Waals surface area contributed by atoms with E-state index >= 15 is 0 Å². The third-order valence-electron chi connectivity index (χ3n) is 3.45. The average Bonchev–Trinajstić information content (AvgIpc) is 2.03. The van der Waals surface area contributed by atoms with E-state index in [4.69, 9.17) is 4.74 Å². The van der Waals surface area contributed by atoms with Crippen LogP contribution >= 0.6 is 0 Å². The summed E-state index contributed by atoms with van der Waals surface area (Å²) in [5.74, 6) is 0. The molecule has 0 saturated heterocycles. The van der Waals surface area contributed by atoms with Crippen molar-refractivity contribution in [2.45, 2.75) is 56.7 Å². The lowest BCUT2D eigenvalue weighted by atomic mass is 9.94. The second-order valence-electron chi connectivity index (χ2n) is 5.11. The first-order valence-electron chi connectivity index (χ1n) is 5.17. The van der Waals surface area contributed by atoms with Gasteiger partial charge < -0.3 is 9.84 Å². The number of hydrogen-bond acceptors (Lipinski definition) is 2. The van der Waals surface area contributed by atoms with Crippen LogP contribution in [0.4, 0.5) is 0 Å². The summed E-state index contributed by atoms with van der Waals surface area (Å²) in [5.41, 5.74) is 0. The Morgan fingerprint density at radius 3 is 2.23 bits per heavy atom. The molecule has 0 aliphatic heterocycles. The lowest BCUT2D eigenvalue weighted by Crippen LogP contribution is -2.62. The van der Waals surface area contributed by atoms with E-state index in [1.165, 1.54) is 6.42 Å². The third kappa shape index (κ3) is 1.83. The van der Waals surface area contributed by atoms with Gasteiger partial charge in [0.15, 0.2) is 0 Å². The zero-order valence-corrected chi connectivity index (χ0v) is 10.3. The Labute approximate surface area is 82.3 Å². The Bertz CT molecular complexity index is 176. The van der Waals surface area contributed by atoms with Crippen molar-refractivity contribution in [2.75, 3.05) is 7.11 Å². The third-order valence-corrected chi connectivity index (χ3v) is 6.77. The number of ether oxygens (including phenoxy) is 1. The van der Waals surface area contributed by atoms with Gasteiger partial charge in [-0.2, -0.15) is 0 Å². The van der Waals surface area contributed by atoms with Crippen LogP contribution in [-0.4, -0.2) is 31.6 Å². The zero-order valence-electron chi connectivity index (χ0n) is 9.26. The monoisotopic (exact) mass is 202 g/mol. The molecule has 0 radical (unpaired) electrons. The van der Waals surface area contributed by atoms with Gasteiger partial charge in [0.05, 0.1) is 19.4 Å². The first-order valence-corrected chi connectivity index (χ1v) is 8.67. The van der Waals surface area contributed by atoms with Gasteiger partial charge in [-0.3, -0.25) is 0 Å². The lowest BCUT2D eigenvalue weighted by molar-refractivity contribution is -0.0753. The fourth-order valence-corrected chi connectivity index (χ4v) is 5.23. The van der Waals surface area contributed by atoms with E-state index in [0.717, 1.165) is 19.3 Å². The van der Waals surface area contributed by atoms with E-state index in [1.54, 1.807) is 7.11 Å². The molecule has 1 saturated carbocycles. The SMILES string of the molecule is CO[C@]1([Si](C)(C)C)CCCCC1O. The quantitative estimate of drug-likeness (QED) is 0.696. The predicted octanol–water partition coefficient (Wildman–Crippen LogP) is 2.18. The minimum Gasteiger partial charge on any atom is -0.390 e. The van der Waals surface area contributed by atoms with E-state index in [0.29, 0.717) is 0 Å². The Morgan fingerprint density at radius 1 is 1.31 bits per heavy atom. The Hall–Kier alpha value is 0.137. The topological polar surface area (TPSA) is 29.5 Å². The van der Waals surface area contributed by atoms with Crippen LogP contribution in [0.15, 0.2) is 0 Å². The lowest BCUT2D eigenvalue weighted by Gasteiger charge is -2.48. The van der Waals surface area contributed by atoms with Gasteiger partial charge in [0.2, 0.25) is 0 Å². The van der Waals surface area contributed by atoms with Crippen molar-refractivity contribution in [3.8, 4) is 0 Å². The van der Waals surface area contributed by atoms with Crippen LogP contribution in [0, 0.1) is 0 Å². The van der Waals surface area contributed by atoms with Crippen LogP contribution in [0.2, 0.25) is 19.6 Å². The van der Waals surface area contributed by atoms with Crippen LogP contribution in [0.1, 0.15) is 25.7 Å². The van der Waals surface area contributed by atoms with Crippen molar-refractivity contribution >= 4 is 8.07 Å². The normalized spacial score (nSPS) is 36.2. The molecule has 3 heteroatoms. The fraction of sp³-hybridized carbons (Fsp3) is 1.00. The standard InChI is InChI=1S/C10H22O2Si/c1-12-10(13(2,3)4)8-6-5-7-9(10)11/h9,11H,5-8H2,1-4H3/t9?,10-/m0/s1. The maximum Gasteiger partial charge on any atom is 0.0858 e. The molecule has 1 aliphatic rings. The van der Waals surface area contributed by atoms with Crippen LogP contribution in [0.5, 0.6) is 0 Å². The molecular formula is C10H22O2Si. The number of aliphatic hydroxyl groups is 1. The predicted molar refractivity (Wildman–Crippen MR) is 57.6 cm³/mol. The van der Waals surface area contributed by atoms with E-state index in [1.807, 2.05) is 0 Å². The smallest absolute Gasteiger partial charge is 0.0858 e. The van der Waals surface area contributed by atoms with Gasteiger partial charge in [-0.15, -0.1) is 0 Å². The largest absolute Gasteiger partial charge is 0.390 e. The van der Waals surface area contributed by atoms with Crippen LogP contribution in [0.3, 0.4) is 0 Å². The van der Waals surface area contributed by atoms with E-state index in [9.17, 15) is 5.11 Å². The molecule has 0 aromatic carbocycles. The number of aliphatic hydroxyl groups excluding tert-OH is 1. The molecule has 1 N–H and O–H groups in total. The molecule has 0 spiro atoms. The highest BCUT2D eigenvalue weighted by Crippen LogP contribution is 2.38. The molecule has 1 fully saturated rings. The van der Waals surface area contributed by atoms with Gasteiger partial charge in [0, 0.05) is 7.11 Å². The van der Waals surface area contributed by atoms with Crippen molar-refractivity contribution in [1.82, 2.24) is 0 Å². The molecule has 0 aromatic rings. The highest BCUT2D eigenvalue weighted by molar-refractivity contribution is 6.79. The van der Waals surface area contributed by atoms with Crippen molar-refractivity contribution in [3.63, 3.8) is 0 Å². The summed E-state index contributed by atoms with van der Waals surface area (Å²) in [7, 11) is 0.315. The minimum atomic E-state index is -1.44. The maximum atomic E-state index is 10.1. The van der Waals surface area contributed by atoms with Gasteiger partial charge in [0.1, 0.15) is 0 Å². The number of hydrogen-bond donors (Lipinski definition) is 1. The molecule has 0 bridgehead atoms. The minimum absolute atomic E-state index is 0.189. The molecular weight excluding hydrogens is 180 g/mol. The molecule has 2 atom stereocenters. The Morgan fingerprint density at radius 2 is 1.92 bits per heavy atom. The molecule has 1 unspecified atom stereocenters. The fourth-order valence-electron chi connectivity index (χ4n) is 2.54. The van der Waals surface area contributed by atoms with Crippen LogP contribution in [0.25, 0.3) is 0 Å². The highest BCUT2D eigenvalue weighted by Gasteiger charge is 2.50. The van der Waals surface area contributed by atoms with Crippen LogP contribution in [-0.2, 0) is 4.74 Å². The maximum absolute atomic E-state index is 10.1. The van der Waals surface area contributed by atoms with Gasteiger partial charge in [-0.25, -0.2) is 0 Å². The van der Waals surface area contributed by atoms with E-state index in [-0.39, 0.29) is 11.3 Å². The summed E-state index contributed by atoms with van der Waals surface area (Å²) in [6.07, 6.45) is 4.07. The van der Waals surface area contributed by atoms with Gasteiger partial charge >= 0.3 is 0 Å². The Balaban J connectivity index is 2.89. The summed E-state index contributed by atoms with van der Waals surface area (Å²) in [6, 6.07) is 0. The summed E-state index contributed by atoms with van der Waals surface area (Å²) in [6.45, 7) is 6.85. The number of rotatable bonds is 2. The number of methoxy groups -OCH3 is 1. The first-order chi connectivity index (χ1) is 5.94. The Kier molecular flexibility index (Phi) is 3.20. The van der Waals surface area contributed by atoms with Crippen molar-refractivity contribution in [1.29, 1.82) is 0 Å². The molecule has 0 heterocycles. The molecule has 2 nitrogen and oxygen atoms in total. The second kappa shape index (κ2) is 3.71. The van der Waals surface area contributed by atoms with E-state index < -0.39 is 8.07 Å². The van der Waals surface area contributed by atoms with Crippen LogP contribution < -0.4 is 0 Å². The summed E-state index contributed by atoms with van der Waals surface area (Å²) in [5, 5.41) is 9.88. The van der Waals surface area contributed by atoms with E-state index in [2.05, 4.69) is 19.6 Å². The molecule has 1 aliphatic carbocycles. The zero-order chi connectivity index (χ0) is 10.1. The summed E-state index contributed by atoms with van der Waals surface area (Å²) >= 11 is 0. The summed E-state index contributed by atoms with van der Waals surface area (Å²) < 4.78 is 5.67. The van der Waals surface area contributed by atoms with Crippen molar-refractivity contribution < 1.29 is 9.84 Å². The molecule has 1 rings (SSSR count). The van der Waals surface area contributed by atoms with Gasteiger partial charge in [-0.1, -0.05) is 32.5 Å². The summed E-state index contributed by atoms with van der Waals surface area (Å²) in [4.78, 5) is 0. The molecule has 0 amide bonds. The molecule has 0 aromatic heterocycles. The van der Waals surface area contributed by atoms with Gasteiger partial charge in [0.25, 0.3) is 0 Å².